The molecule has 0 bridgehead atoms. The second-order valence-electron chi connectivity index (χ2n) is 4.18. The molecule has 58 valence electrons. The first-order valence-corrected chi connectivity index (χ1v) is 4.10. The monoisotopic (exact) mass is 140 g/mol. The molecule has 0 spiro atoms. The van der Waals surface area contributed by atoms with Crippen LogP contribution in [0, 0.1) is 11.3 Å². The smallest absolute Gasteiger partial charge is 0.00482 e. The number of nitrogens with zero attached hydrogens (tertiary/aromatic N) is 1. The number of nitrogens with one attached hydrogen (secondary N) is 1. The molecule has 0 aromatic carbocycles. The molecule has 2 rings (SSSR count). The van der Waals surface area contributed by atoms with Gasteiger partial charge in [-0.05, 0) is 24.9 Å². The zero-order valence-corrected chi connectivity index (χ0v) is 6.85. The first-order valence-electron chi connectivity index (χ1n) is 4.10. The highest BCUT2D eigenvalue weighted by atomic mass is 15.2. The number of rotatable bonds is 0. The van der Waals surface area contributed by atoms with Crippen LogP contribution in [0.25, 0.3) is 0 Å². The van der Waals surface area contributed by atoms with E-state index in [4.69, 9.17) is 0 Å². The summed E-state index contributed by atoms with van der Waals surface area (Å²) >= 11 is 0. The Morgan fingerprint density at radius 1 is 1.60 bits per heavy atom. The lowest BCUT2D eigenvalue weighted by Gasteiger charge is -2.20. The van der Waals surface area contributed by atoms with Gasteiger partial charge in [0.25, 0.3) is 0 Å². The van der Waals surface area contributed by atoms with Crippen molar-refractivity contribution >= 4 is 0 Å². The molecule has 0 radical (unpaired) electrons. The van der Waals surface area contributed by atoms with Crippen LogP contribution in [0.4, 0.5) is 0 Å². The van der Waals surface area contributed by atoms with Crippen molar-refractivity contribution in [1.82, 2.24) is 10.2 Å². The maximum atomic E-state index is 3.46. The minimum absolute atomic E-state index is 0.592. The number of hydrogen-bond donors (Lipinski definition) is 1. The van der Waals surface area contributed by atoms with Gasteiger partial charge in [-0.3, -0.25) is 0 Å². The summed E-state index contributed by atoms with van der Waals surface area (Å²) in [4.78, 5) is 2.45. The summed E-state index contributed by atoms with van der Waals surface area (Å²) in [6.45, 7) is 7.44. The predicted octanol–water partition coefficient (Wildman–Crippen LogP) is 0.157. The lowest BCUT2D eigenvalue weighted by Crippen LogP contribution is -2.27. The fraction of sp³-hybridized carbons (Fsp3) is 1.00. The fourth-order valence-electron chi connectivity index (χ4n) is 2.45. The van der Waals surface area contributed by atoms with Gasteiger partial charge >= 0.3 is 0 Å². The van der Waals surface area contributed by atoms with Gasteiger partial charge in [0.1, 0.15) is 0 Å². The molecule has 2 aliphatic heterocycles. The van der Waals surface area contributed by atoms with Crippen LogP contribution in [0.5, 0.6) is 0 Å². The Kier molecular flexibility index (Phi) is 1.29. The molecule has 0 unspecified atom stereocenters. The lowest BCUT2D eigenvalue weighted by atomic mass is 9.83. The van der Waals surface area contributed by atoms with Crippen molar-refractivity contribution in [3.63, 3.8) is 0 Å². The van der Waals surface area contributed by atoms with Crippen molar-refractivity contribution in [2.45, 2.75) is 6.92 Å². The highest BCUT2D eigenvalue weighted by molar-refractivity contribution is 4.99. The highest BCUT2D eigenvalue weighted by Gasteiger charge is 2.44. The molecule has 2 heterocycles. The molecule has 1 N–H and O–H groups in total. The Balaban J connectivity index is 2.15. The molecule has 2 nitrogen and oxygen atoms in total. The van der Waals surface area contributed by atoms with Gasteiger partial charge in [-0.15, -0.1) is 0 Å². The minimum Gasteiger partial charge on any atom is -0.316 e. The van der Waals surface area contributed by atoms with Crippen LogP contribution in [0.1, 0.15) is 6.92 Å². The maximum Gasteiger partial charge on any atom is 0.00482 e. The van der Waals surface area contributed by atoms with E-state index in [0.29, 0.717) is 5.41 Å². The average molecular weight is 140 g/mol. The van der Waals surface area contributed by atoms with Gasteiger partial charge in [0.15, 0.2) is 0 Å². The van der Waals surface area contributed by atoms with Gasteiger partial charge in [-0.1, -0.05) is 6.92 Å². The van der Waals surface area contributed by atoms with E-state index in [1.165, 1.54) is 26.2 Å². The average Bonchev–Trinajstić information content (AvgIpc) is 2.20. The van der Waals surface area contributed by atoms with Crippen LogP contribution in [-0.4, -0.2) is 38.1 Å². The van der Waals surface area contributed by atoms with E-state index >= 15 is 0 Å². The molecule has 2 fully saturated rings. The molecule has 2 atom stereocenters. The number of hydrogen-bond acceptors (Lipinski definition) is 2. The lowest BCUT2D eigenvalue weighted by molar-refractivity contribution is 0.309. The molecule has 0 aromatic rings. The summed E-state index contributed by atoms with van der Waals surface area (Å²) in [5.41, 5.74) is 0.592. The van der Waals surface area contributed by atoms with Crippen LogP contribution < -0.4 is 5.32 Å². The van der Waals surface area contributed by atoms with E-state index in [9.17, 15) is 0 Å². The van der Waals surface area contributed by atoms with Crippen molar-refractivity contribution in [2.24, 2.45) is 11.3 Å². The van der Waals surface area contributed by atoms with E-state index in [1.807, 2.05) is 0 Å². The first kappa shape index (κ1) is 6.62. The first-order chi connectivity index (χ1) is 4.71. The predicted molar refractivity (Wildman–Crippen MR) is 42.0 cm³/mol. The Bertz CT molecular complexity index is 146. The topological polar surface area (TPSA) is 15.3 Å². The summed E-state index contributed by atoms with van der Waals surface area (Å²) in [6, 6.07) is 0. The quantitative estimate of drug-likeness (QED) is 0.515. The molecule has 0 aliphatic carbocycles. The molecule has 2 heteroatoms. The maximum absolute atomic E-state index is 3.46. The molecule has 0 amide bonds. The van der Waals surface area contributed by atoms with Crippen molar-refractivity contribution in [1.29, 1.82) is 0 Å². The summed E-state index contributed by atoms with van der Waals surface area (Å²) in [7, 11) is 2.23. The molecule has 2 aliphatic rings. The Hall–Kier alpha value is -0.0800. The van der Waals surface area contributed by atoms with Gasteiger partial charge in [0.2, 0.25) is 0 Å². The third kappa shape index (κ3) is 0.789. The molecular weight excluding hydrogens is 124 g/mol. The second-order valence-corrected chi connectivity index (χ2v) is 4.18. The highest BCUT2D eigenvalue weighted by Crippen LogP contribution is 2.37. The van der Waals surface area contributed by atoms with Crippen molar-refractivity contribution in [3.8, 4) is 0 Å². The van der Waals surface area contributed by atoms with Gasteiger partial charge in [-0.2, -0.15) is 0 Å². The van der Waals surface area contributed by atoms with Crippen LogP contribution in [-0.2, 0) is 0 Å². The fourth-order valence-corrected chi connectivity index (χ4v) is 2.45. The molecule has 0 aromatic heterocycles. The van der Waals surface area contributed by atoms with Gasteiger partial charge in [0.05, 0.1) is 0 Å². The van der Waals surface area contributed by atoms with E-state index in [0.717, 1.165) is 5.92 Å². The molecule has 2 saturated heterocycles. The minimum atomic E-state index is 0.592. The third-order valence-corrected chi connectivity index (χ3v) is 3.07. The molecule has 10 heavy (non-hydrogen) atoms. The van der Waals surface area contributed by atoms with Crippen LogP contribution in [0.2, 0.25) is 0 Å². The Labute approximate surface area is 62.6 Å². The Morgan fingerprint density at radius 2 is 2.40 bits per heavy atom. The summed E-state index contributed by atoms with van der Waals surface area (Å²) in [5.74, 6) is 0.914. The largest absolute Gasteiger partial charge is 0.316 e. The van der Waals surface area contributed by atoms with Crippen LogP contribution in [0.15, 0.2) is 0 Å². The van der Waals surface area contributed by atoms with Crippen molar-refractivity contribution in [2.75, 3.05) is 33.2 Å². The van der Waals surface area contributed by atoms with E-state index in [2.05, 4.69) is 24.2 Å². The van der Waals surface area contributed by atoms with Crippen LogP contribution >= 0.6 is 0 Å². The summed E-state index contributed by atoms with van der Waals surface area (Å²) in [6.07, 6.45) is 0. The summed E-state index contributed by atoms with van der Waals surface area (Å²) in [5, 5.41) is 3.46. The second kappa shape index (κ2) is 1.95. The third-order valence-electron chi connectivity index (χ3n) is 3.07. The number of likely N-dealkylation sites (tertiary alicyclic amines) is 1. The zero-order valence-electron chi connectivity index (χ0n) is 6.85. The van der Waals surface area contributed by atoms with Crippen LogP contribution in [0.3, 0.4) is 0 Å². The van der Waals surface area contributed by atoms with Gasteiger partial charge in [-0.25, -0.2) is 0 Å². The van der Waals surface area contributed by atoms with Crippen molar-refractivity contribution in [3.05, 3.63) is 0 Å². The van der Waals surface area contributed by atoms with E-state index in [1.54, 1.807) is 0 Å². The Morgan fingerprint density at radius 3 is 3.10 bits per heavy atom. The van der Waals surface area contributed by atoms with E-state index in [-0.39, 0.29) is 0 Å². The van der Waals surface area contributed by atoms with E-state index < -0.39 is 0 Å². The standard InChI is InChI=1S/C8H16N2/c1-8-5-9-3-7(8)4-10(2)6-8/h7,9H,3-6H2,1-2H3/t7-,8+/m1/s1. The molecular formula is C8H16N2. The zero-order chi connectivity index (χ0) is 7.19. The number of fused-ring (bicyclic) bond motifs is 1. The SMILES string of the molecule is CN1C[C@H]2CNC[C@@]2(C)C1. The van der Waals surface area contributed by atoms with Gasteiger partial charge < -0.3 is 10.2 Å². The molecule has 0 saturated carbocycles. The normalized spacial score (nSPS) is 48.0. The van der Waals surface area contributed by atoms with Gasteiger partial charge in [0, 0.05) is 19.6 Å². The van der Waals surface area contributed by atoms with Crippen molar-refractivity contribution < 1.29 is 0 Å². The summed E-state index contributed by atoms with van der Waals surface area (Å²) < 4.78 is 0.